The molecular weight excluding hydrogens is 184 g/mol. The zero-order chi connectivity index (χ0) is 10.6. The van der Waals surface area contributed by atoms with Crippen LogP contribution >= 0.6 is 0 Å². The Hall–Kier alpha value is -1.78. The van der Waals surface area contributed by atoms with Crippen molar-refractivity contribution in [1.82, 2.24) is 5.32 Å². The van der Waals surface area contributed by atoms with Gasteiger partial charge in [-0.25, -0.2) is 4.79 Å². The highest BCUT2D eigenvalue weighted by Gasteiger charge is 2.15. The number of hydrogen-bond donors (Lipinski definition) is 2. The Labute approximate surface area is 81.3 Å². The third-order valence-electron chi connectivity index (χ3n) is 1.78. The van der Waals surface area contributed by atoms with Gasteiger partial charge in [0.25, 0.3) is 0 Å². The van der Waals surface area contributed by atoms with E-state index in [1.165, 1.54) is 6.26 Å². The van der Waals surface area contributed by atoms with Crippen LogP contribution in [0.3, 0.4) is 0 Å². The molecule has 5 heteroatoms. The summed E-state index contributed by atoms with van der Waals surface area (Å²) in [5.41, 5.74) is 4.81. The first-order valence-electron chi connectivity index (χ1n) is 4.22. The maximum absolute atomic E-state index is 11.2. The van der Waals surface area contributed by atoms with E-state index in [0.29, 0.717) is 12.2 Å². The van der Waals surface area contributed by atoms with Crippen molar-refractivity contribution in [1.29, 1.82) is 0 Å². The molecule has 0 aliphatic carbocycles. The van der Waals surface area contributed by atoms with E-state index < -0.39 is 11.9 Å². The molecule has 0 radical (unpaired) electrons. The maximum Gasteiger partial charge on any atom is 0.318 e. The molecule has 0 aromatic carbocycles. The molecule has 1 heterocycles. The Bertz CT molecular complexity index is 319. The van der Waals surface area contributed by atoms with Gasteiger partial charge in [0.1, 0.15) is 5.76 Å². The van der Waals surface area contributed by atoms with Crippen LogP contribution in [0, 0.1) is 5.92 Å². The van der Waals surface area contributed by atoms with Crippen molar-refractivity contribution >= 4 is 11.9 Å². The van der Waals surface area contributed by atoms with Crippen molar-refractivity contribution in [3.05, 3.63) is 24.2 Å². The van der Waals surface area contributed by atoms with Crippen LogP contribution in [0.4, 0.5) is 4.79 Å². The van der Waals surface area contributed by atoms with E-state index in [2.05, 4.69) is 0 Å². The van der Waals surface area contributed by atoms with Crippen LogP contribution in [0.1, 0.15) is 12.7 Å². The van der Waals surface area contributed by atoms with E-state index in [1.807, 2.05) is 5.32 Å². The van der Waals surface area contributed by atoms with Gasteiger partial charge in [0.15, 0.2) is 0 Å². The van der Waals surface area contributed by atoms with Crippen molar-refractivity contribution in [3.8, 4) is 0 Å². The number of nitrogens with one attached hydrogen (secondary N) is 1. The highest BCUT2D eigenvalue weighted by atomic mass is 16.3. The minimum absolute atomic E-state index is 0.339. The summed E-state index contributed by atoms with van der Waals surface area (Å²) in [6.45, 7) is 1.70. The van der Waals surface area contributed by atoms with E-state index >= 15 is 0 Å². The van der Waals surface area contributed by atoms with Crippen molar-refractivity contribution in [2.45, 2.75) is 13.3 Å². The van der Waals surface area contributed by atoms with Gasteiger partial charge in [0, 0.05) is 12.3 Å². The Morgan fingerprint density at radius 2 is 2.36 bits per heavy atom. The molecule has 1 aromatic rings. The number of carbonyl (C=O) groups excluding carboxylic acids is 2. The molecule has 76 valence electrons. The lowest BCUT2D eigenvalue weighted by Gasteiger charge is -2.07. The summed E-state index contributed by atoms with van der Waals surface area (Å²) in [6, 6.07) is 2.68. The molecule has 0 bridgehead atoms. The maximum atomic E-state index is 11.2. The van der Waals surface area contributed by atoms with Crippen molar-refractivity contribution in [2.24, 2.45) is 11.7 Å². The number of nitrogens with two attached hydrogens (primary N) is 1. The minimum atomic E-state index is -0.832. The standard InChI is InChI=1S/C9H12N2O3/c1-6(8(12)11-9(10)13)5-7-3-2-4-14-7/h2-4,6H,5H2,1H3,(H3,10,11,12,13)/t6-/m1/s1. The molecule has 0 aliphatic heterocycles. The fourth-order valence-corrected chi connectivity index (χ4v) is 1.07. The van der Waals surface area contributed by atoms with E-state index in [4.69, 9.17) is 10.2 Å². The van der Waals surface area contributed by atoms with Gasteiger partial charge in [-0.1, -0.05) is 6.92 Å². The third kappa shape index (κ3) is 2.93. The van der Waals surface area contributed by atoms with Gasteiger partial charge >= 0.3 is 6.03 Å². The van der Waals surface area contributed by atoms with Crippen molar-refractivity contribution in [3.63, 3.8) is 0 Å². The van der Waals surface area contributed by atoms with Gasteiger partial charge in [0.05, 0.1) is 6.26 Å². The van der Waals surface area contributed by atoms with Crippen molar-refractivity contribution < 1.29 is 14.0 Å². The van der Waals surface area contributed by atoms with E-state index in [-0.39, 0.29) is 5.92 Å². The third-order valence-corrected chi connectivity index (χ3v) is 1.78. The van der Waals surface area contributed by atoms with Crippen molar-refractivity contribution in [2.75, 3.05) is 0 Å². The minimum Gasteiger partial charge on any atom is -0.469 e. The summed E-state index contributed by atoms with van der Waals surface area (Å²) in [7, 11) is 0. The number of amides is 3. The fourth-order valence-electron chi connectivity index (χ4n) is 1.07. The molecule has 1 atom stereocenters. The zero-order valence-corrected chi connectivity index (χ0v) is 7.82. The van der Waals surface area contributed by atoms with Crippen LogP contribution < -0.4 is 11.1 Å². The number of hydrogen-bond acceptors (Lipinski definition) is 3. The first-order chi connectivity index (χ1) is 6.59. The lowest BCUT2D eigenvalue weighted by molar-refractivity contribution is -0.123. The van der Waals surface area contributed by atoms with E-state index in [1.54, 1.807) is 19.1 Å². The average Bonchev–Trinajstić information content (AvgIpc) is 2.55. The molecule has 0 saturated heterocycles. The molecule has 1 rings (SSSR count). The average molecular weight is 196 g/mol. The summed E-state index contributed by atoms with van der Waals surface area (Å²) >= 11 is 0. The Kier molecular flexibility index (Phi) is 3.28. The fraction of sp³-hybridized carbons (Fsp3) is 0.333. The predicted molar refractivity (Wildman–Crippen MR) is 49.3 cm³/mol. The number of urea groups is 1. The van der Waals surface area contributed by atoms with Crippen LogP contribution in [0.2, 0.25) is 0 Å². The van der Waals surface area contributed by atoms with Gasteiger partial charge in [-0.2, -0.15) is 0 Å². The van der Waals surface area contributed by atoms with Crippen LogP contribution in [-0.2, 0) is 11.2 Å². The van der Waals surface area contributed by atoms with Gasteiger partial charge in [-0.15, -0.1) is 0 Å². The smallest absolute Gasteiger partial charge is 0.318 e. The molecule has 1 aromatic heterocycles. The summed E-state index contributed by atoms with van der Waals surface area (Å²) in [4.78, 5) is 21.6. The topological polar surface area (TPSA) is 85.3 Å². The number of primary amides is 1. The molecule has 3 N–H and O–H groups in total. The SMILES string of the molecule is C[C@H](Cc1ccco1)C(=O)NC(N)=O. The molecule has 3 amide bonds. The molecule has 0 unspecified atom stereocenters. The monoisotopic (exact) mass is 196 g/mol. The summed E-state index contributed by atoms with van der Waals surface area (Å²) in [5.74, 6) is -0.0281. The highest BCUT2D eigenvalue weighted by Crippen LogP contribution is 2.08. The predicted octanol–water partition coefficient (Wildman–Crippen LogP) is 0.653. The van der Waals surface area contributed by atoms with Gasteiger partial charge in [-0.05, 0) is 12.1 Å². The first-order valence-corrected chi connectivity index (χ1v) is 4.22. The summed E-state index contributed by atoms with van der Waals surface area (Å²) in [5, 5.41) is 2.01. The lowest BCUT2D eigenvalue weighted by Crippen LogP contribution is -2.38. The molecule has 0 fully saturated rings. The highest BCUT2D eigenvalue weighted by molar-refractivity contribution is 5.94. The molecule has 0 spiro atoms. The summed E-state index contributed by atoms with van der Waals surface area (Å²) < 4.78 is 5.06. The van der Waals surface area contributed by atoms with Gasteiger partial charge in [0.2, 0.25) is 5.91 Å². The molecular formula is C9H12N2O3. The summed E-state index contributed by atoms with van der Waals surface area (Å²) in [6.07, 6.45) is 1.99. The number of furan rings is 1. The van der Waals surface area contributed by atoms with Crippen LogP contribution in [0.25, 0.3) is 0 Å². The number of rotatable bonds is 3. The quantitative estimate of drug-likeness (QED) is 0.744. The van der Waals surface area contributed by atoms with Gasteiger partial charge < -0.3 is 10.2 Å². The lowest BCUT2D eigenvalue weighted by atomic mass is 10.1. The molecule has 0 aliphatic rings. The van der Waals surface area contributed by atoms with Crippen LogP contribution in [0.15, 0.2) is 22.8 Å². The van der Waals surface area contributed by atoms with Crippen LogP contribution in [0.5, 0.6) is 0 Å². The van der Waals surface area contributed by atoms with E-state index in [0.717, 1.165) is 0 Å². The number of imide groups is 1. The molecule has 0 saturated carbocycles. The second kappa shape index (κ2) is 4.45. The normalized spacial score (nSPS) is 12.1. The molecule has 14 heavy (non-hydrogen) atoms. The Morgan fingerprint density at radius 3 is 2.86 bits per heavy atom. The second-order valence-electron chi connectivity index (χ2n) is 3.04. The molecule has 5 nitrogen and oxygen atoms in total. The van der Waals surface area contributed by atoms with Gasteiger partial charge in [-0.3, -0.25) is 10.1 Å². The van der Waals surface area contributed by atoms with Crippen LogP contribution in [-0.4, -0.2) is 11.9 Å². The largest absolute Gasteiger partial charge is 0.469 e. The number of carbonyl (C=O) groups is 2. The van der Waals surface area contributed by atoms with E-state index in [9.17, 15) is 9.59 Å². The first kappa shape index (κ1) is 10.3. The Balaban J connectivity index is 2.46. The zero-order valence-electron chi connectivity index (χ0n) is 7.82. The second-order valence-corrected chi connectivity index (χ2v) is 3.04. The Morgan fingerprint density at radius 1 is 1.64 bits per heavy atom.